The summed E-state index contributed by atoms with van der Waals surface area (Å²) in [6.45, 7) is 2.32. The molecule has 2 N–H and O–H groups in total. The minimum atomic E-state index is -0.875. The van der Waals surface area contributed by atoms with Crippen LogP contribution in [0.3, 0.4) is 0 Å². The first kappa shape index (κ1) is 20.5. The predicted octanol–water partition coefficient (Wildman–Crippen LogP) is 4.17. The molecule has 1 aliphatic rings. The molecule has 0 bridgehead atoms. The topological polar surface area (TPSA) is 98.5 Å². The third-order valence-corrected chi connectivity index (χ3v) is 5.41. The number of aromatic nitrogens is 1. The molecule has 29 heavy (non-hydrogen) atoms. The summed E-state index contributed by atoms with van der Waals surface area (Å²) in [5, 5.41) is 22.3. The van der Waals surface area contributed by atoms with Crippen molar-refractivity contribution in [2.75, 3.05) is 12.4 Å². The quantitative estimate of drug-likeness (QED) is 0.763. The lowest BCUT2D eigenvalue weighted by atomic mass is 9.90. The van der Waals surface area contributed by atoms with Gasteiger partial charge in [-0.25, -0.2) is 4.79 Å². The zero-order valence-corrected chi connectivity index (χ0v) is 16.8. The van der Waals surface area contributed by atoms with Crippen LogP contribution in [-0.4, -0.2) is 40.3 Å². The Kier molecular flexibility index (Phi) is 6.55. The van der Waals surface area contributed by atoms with Crippen LogP contribution in [0.5, 0.6) is 5.88 Å². The number of nitrogens with one attached hydrogen (secondary N) is 1. The fourth-order valence-electron chi connectivity index (χ4n) is 3.84. The van der Waals surface area contributed by atoms with Crippen LogP contribution in [-0.2, 0) is 6.54 Å². The first-order valence-corrected chi connectivity index (χ1v) is 9.77. The maximum absolute atomic E-state index is 11.8. The van der Waals surface area contributed by atoms with E-state index in [9.17, 15) is 15.2 Å². The highest BCUT2D eigenvalue weighted by Crippen LogP contribution is 2.29. The number of anilines is 1. The highest BCUT2D eigenvalue weighted by Gasteiger charge is 2.29. The van der Waals surface area contributed by atoms with Crippen molar-refractivity contribution in [3.63, 3.8) is 0 Å². The second-order valence-electron chi connectivity index (χ2n) is 7.37. The van der Waals surface area contributed by atoms with Gasteiger partial charge in [0.15, 0.2) is 0 Å². The number of benzene rings is 1. The number of nitriles is 1. The van der Waals surface area contributed by atoms with Crippen LogP contribution in [0.15, 0.2) is 36.4 Å². The molecular formula is C22H26N4O3. The molecule has 1 fully saturated rings. The highest BCUT2D eigenvalue weighted by molar-refractivity contribution is 5.65. The molecule has 7 nitrogen and oxygen atoms in total. The zero-order valence-electron chi connectivity index (χ0n) is 16.8. The first-order chi connectivity index (χ1) is 14.0. The largest absolute Gasteiger partial charge is 0.480 e. The molecule has 0 saturated heterocycles. The van der Waals surface area contributed by atoms with Gasteiger partial charge in [0.2, 0.25) is 5.88 Å². The molecule has 2 aromatic rings. The molecule has 1 amide bonds. The van der Waals surface area contributed by atoms with Crippen molar-refractivity contribution in [1.82, 2.24) is 9.88 Å². The summed E-state index contributed by atoms with van der Waals surface area (Å²) in [6, 6.07) is 13.8. The van der Waals surface area contributed by atoms with E-state index in [1.807, 2.05) is 37.3 Å². The number of aryl methyl sites for hydroxylation is 1. The third kappa shape index (κ3) is 4.96. The van der Waals surface area contributed by atoms with Crippen LogP contribution in [0.2, 0.25) is 0 Å². The molecule has 0 atom stereocenters. The minimum absolute atomic E-state index is 0.00955. The molecule has 3 rings (SSSR count). The minimum Gasteiger partial charge on any atom is -0.480 e. The number of rotatable bonds is 6. The Bertz CT molecular complexity index is 887. The molecule has 0 unspecified atom stereocenters. The lowest BCUT2D eigenvalue weighted by Crippen LogP contribution is -2.43. The van der Waals surface area contributed by atoms with Crippen LogP contribution < -0.4 is 10.1 Å². The molecule has 0 aliphatic heterocycles. The lowest BCUT2D eigenvalue weighted by molar-refractivity contribution is 0.105. The Morgan fingerprint density at radius 1 is 1.31 bits per heavy atom. The maximum atomic E-state index is 11.8. The molecular weight excluding hydrogens is 368 g/mol. The third-order valence-electron chi connectivity index (χ3n) is 5.41. The number of pyridine rings is 1. The number of nitrogens with zero attached hydrogens (tertiary/aromatic N) is 3. The molecule has 1 aliphatic carbocycles. The van der Waals surface area contributed by atoms with E-state index in [1.165, 1.54) is 7.11 Å². The molecule has 1 saturated carbocycles. The molecule has 152 valence electrons. The van der Waals surface area contributed by atoms with Gasteiger partial charge in [-0.2, -0.15) is 10.2 Å². The monoisotopic (exact) mass is 394 g/mol. The SMILES string of the molecule is COc1nc(NC2CCC(N(Cc3ccccc3)C(=O)O)CC2)c(C)cc1C#N. The van der Waals surface area contributed by atoms with Crippen molar-refractivity contribution in [2.45, 2.75) is 51.2 Å². The zero-order chi connectivity index (χ0) is 20.8. The average molecular weight is 394 g/mol. The van der Waals surface area contributed by atoms with Crippen LogP contribution in [0, 0.1) is 18.3 Å². The number of carboxylic acid groups (broad SMARTS) is 1. The van der Waals surface area contributed by atoms with Crippen molar-refractivity contribution >= 4 is 11.9 Å². The molecule has 1 aromatic heterocycles. The van der Waals surface area contributed by atoms with Gasteiger partial charge >= 0.3 is 6.09 Å². The summed E-state index contributed by atoms with van der Waals surface area (Å²) >= 11 is 0. The van der Waals surface area contributed by atoms with E-state index in [4.69, 9.17) is 4.74 Å². The van der Waals surface area contributed by atoms with Gasteiger partial charge in [-0.05, 0) is 49.8 Å². The number of amides is 1. The lowest BCUT2D eigenvalue weighted by Gasteiger charge is -2.36. The molecule has 7 heteroatoms. The Hall–Kier alpha value is -3.27. The summed E-state index contributed by atoms with van der Waals surface area (Å²) in [6.07, 6.45) is 2.42. The van der Waals surface area contributed by atoms with E-state index < -0.39 is 6.09 Å². The van der Waals surface area contributed by atoms with Gasteiger partial charge in [0, 0.05) is 18.6 Å². The van der Waals surface area contributed by atoms with Crippen molar-refractivity contribution in [3.8, 4) is 11.9 Å². The van der Waals surface area contributed by atoms with Gasteiger partial charge in [0.05, 0.1) is 7.11 Å². The van der Waals surface area contributed by atoms with Crippen molar-refractivity contribution in [1.29, 1.82) is 5.26 Å². The van der Waals surface area contributed by atoms with E-state index in [2.05, 4.69) is 16.4 Å². The number of methoxy groups -OCH3 is 1. The molecule has 1 aromatic carbocycles. The van der Waals surface area contributed by atoms with E-state index in [0.717, 1.165) is 36.8 Å². The maximum Gasteiger partial charge on any atom is 0.407 e. The summed E-state index contributed by atoms with van der Waals surface area (Å²) in [7, 11) is 1.50. The van der Waals surface area contributed by atoms with E-state index in [-0.39, 0.29) is 12.1 Å². The Morgan fingerprint density at radius 2 is 2.00 bits per heavy atom. The van der Waals surface area contributed by atoms with Crippen LogP contribution in [0.25, 0.3) is 0 Å². The Morgan fingerprint density at radius 3 is 2.59 bits per heavy atom. The normalized spacial score (nSPS) is 18.5. The smallest absolute Gasteiger partial charge is 0.407 e. The van der Waals surface area contributed by atoms with Gasteiger partial charge < -0.3 is 20.1 Å². The summed E-state index contributed by atoms with van der Waals surface area (Å²) < 4.78 is 5.21. The van der Waals surface area contributed by atoms with Crippen molar-refractivity contribution in [2.24, 2.45) is 0 Å². The molecule has 1 heterocycles. The van der Waals surface area contributed by atoms with E-state index in [0.29, 0.717) is 23.8 Å². The predicted molar refractivity (Wildman–Crippen MR) is 110 cm³/mol. The van der Waals surface area contributed by atoms with Gasteiger partial charge in [-0.15, -0.1) is 0 Å². The standard InChI is InChI=1S/C22H26N4O3/c1-15-12-17(13-23)21(29-2)25-20(15)24-18-8-10-19(11-9-18)26(22(27)28)14-16-6-4-3-5-7-16/h3-7,12,18-19H,8-11,14H2,1-2H3,(H,24,25)(H,27,28). The molecule has 0 radical (unpaired) electrons. The van der Waals surface area contributed by atoms with Gasteiger partial charge in [0.1, 0.15) is 17.5 Å². The van der Waals surface area contributed by atoms with Crippen LogP contribution in [0.1, 0.15) is 42.4 Å². The summed E-state index contributed by atoms with van der Waals surface area (Å²) in [5.41, 5.74) is 2.30. The fraction of sp³-hybridized carbons (Fsp3) is 0.409. The van der Waals surface area contributed by atoms with Crippen LogP contribution in [0.4, 0.5) is 10.6 Å². The Balaban J connectivity index is 1.63. The average Bonchev–Trinajstić information content (AvgIpc) is 2.74. The molecule has 0 spiro atoms. The summed E-state index contributed by atoms with van der Waals surface area (Å²) in [5.74, 6) is 1.03. The van der Waals surface area contributed by atoms with Crippen molar-refractivity contribution in [3.05, 3.63) is 53.1 Å². The second kappa shape index (κ2) is 9.28. The van der Waals surface area contributed by atoms with Gasteiger partial charge in [-0.1, -0.05) is 30.3 Å². The van der Waals surface area contributed by atoms with Crippen molar-refractivity contribution < 1.29 is 14.6 Å². The van der Waals surface area contributed by atoms with Gasteiger partial charge in [0.25, 0.3) is 0 Å². The fourth-order valence-corrected chi connectivity index (χ4v) is 3.84. The van der Waals surface area contributed by atoms with Gasteiger partial charge in [-0.3, -0.25) is 0 Å². The number of ether oxygens (including phenoxy) is 1. The van der Waals surface area contributed by atoms with E-state index in [1.54, 1.807) is 11.0 Å². The highest BCUT2D eigenvalue weighted by atomic mass is 16.5. The summed E-state index contributed by atoms with van der Waals surface area (Å²) in [4.78, 5) is 17.8. The Labute approximate surface area is 170 Å². The van der Waals surface area contributed by atoms with Crippen LogP contribution >= 0.6 is 0 Å². The first-order valence-electron chi connectivity index (χ1n) is 9.77. The van der Waals surface area contributed by atoms with E-state index >= 15 is 0 Å². The number of hydrogen-bond acceptors (Lipinski definition) is 5. The number of hydrogen-bond donors (Lipinski definition) is 2. The second-order valence-corrected chi connectivity index (χ2v) is 7.37. The number of carbonyl (C=O) groups is 1.